The number of fused-ring (bicyclic) bond motifs is 5. The Morgan fingerprint density at radius 2 is 2.03 bits per heavy atom. The molecular formula is C21H21N3O4S2. The van der Waals surface area contributed by atoms with E-state index in [0.717, 1.165) is 36.1 Å². The third kappa shape index (κ3) is 3.79. The van der Waals surface area contributed by atoms with Gasteiger partial charge in [0.15, 0.2) is 11.5 Å². The molecule has 1 amide bonds. The summed E-state index contributed by atoms with van der Waals surface area (Å²) in [7, 11) is 0. The minimum Gasteiger partial charge on any atom is -0.454 e. The molecule has 1 saturated heterocycles. The lowest BCUT2D eigenvalue weighted by Crippen LogP contribution is -2.48. The number of piperidine rings is 1. The number of carbonyl (C=O) groups is 1. The van der Waals surface area contributed by atoms with Gasteiger partial charge in [0, 0.05) is 49.1 Å². The lowest BCUT2D eigenvalue weighted by molar-refractivity contribution is -0.113. The number of hydrogen-bond acceptors (Lipinski definition) is 6. The molecule has 1 fully saturated rings. The Labute approximate surface area is 183 Å². The molecular weight excluding hydrogens is 422 g/mol. The van der Waals surface area contributed by atoms with Gasteiger partial charge in [-0.25, -0.2) is 0 Å². The van der Waals surface area contributed by atoms with Crippen molar-refractivity contribution < 1.29 is 14.3 Å². The average molecular weight is 444 g/mol. The lowest BCUT2D eigenvalue weighted by atomic mass is 9.83. The zero-order chi connectivity index (χ0) is 20.7. The number of nitrogens with zero attached hydrogens (tertiary/aromatic N) is 2. The average Bonchev–Trinajstić information content (AvgIpc) is 3.20. The first-order valence-electron chi connectivity index (χ1n) is 9.88. The van der Waals surface area contributed by atoms with E-state index in [1.54, 1.807) is 24.3 Å². The van der Waals surface area contributed by atoms with Crippen molar-refractivity contribution in [3.05, 3.63) is 52.4 Å². The van der Waals surface area contributed by atoms with Gasteiger partial charge in [-0.05, 0) is 30.5 Å². The highest BCUT2D eigenvalue weighted by Gasteiger charge is 2.35. The maximum atomic E-state index is 12.4. The summed E-state index contributed by atoms with van der Waals surface area (Å²) < 4.78 is 13.3. The number of likely N-dealkylation sites (tertiary alicyclic amines) is 1. The largest absolute Gasteiger partial charge is 0.454 e. The van der Waals surface area contributed by atoms with Crippen molar-refractivity contribution in [3.8, 4) is 11.5 Å². The molecule has 0 saturated carbocycles. The normalized spacial score (nSPS) is 21.1. The van der Waals surface area contributed by atoms with E-state index in [9.17, 15) is 9.59 Å². The van der Waals surface area contributed by atoms with Crippen LogP contribution in [-0.2, 0) is 11.3 Å². The second-order valence-corrected chi connectivity index (χ2v) is 9.38. The highest BCUT2D eigenvalue weighted by atomic mass is 32.2. The molecule has 3 aliphatic rings. The molecule has 0 radical (unpaired) electrons. The van der Waals surface area contributed by atoms with Crippen molar-refractivity contribution in [3.63, 3.8) is 0 Å². The summed E-state index contributed by atoms with van der Waals surface area (Å²) in [6.45, 7) is 2.55. The number of rotatable bonds is 3. The van der Waals surface area contributed by atoms with Gasteiger partial charge in [-0.15, -0.1) is 0 Å². The van der Waals surface area contributed by atoms with Crippen LogP contribution in [0.2, 0.25) is 0 Å². The van der Waals surface area contributed by atoms with Gasteiger partial charge in [-0.3, -0.25) is 9.59 Å². The minimum absolute atomic E-state index is 0.0767. The van der Waals surface area contributed by atoms with Gasteiger partial charge < -0.3 is 24.3 Å². The van der Waals surface area contributed by atoms with Crippen molar-refractivity contribution >= 4 is 39.9 Å². The summed E-state index contributed by atoms with van der Waals surface area (Å²) in [5.74, 6) is 2.15. The van der Waals surface area contributed by atoms with Crippen molar-refractivity contribution in [1.82, 2.24) is 9.47 Å². The van der Waals surface area contributed by atoms with Crippen LogP contribution in [-0.4, -0.2) is 45.3 Å². The standard InChI is InChI=1S/C21H21N3O4S2/c25-19(22-15-4-5-17-18(7-15)28-12-27-17)11-30-21(29)23-8-13-6-14(10-23)16-2-1-3-20(26)24(16)9-13/h1-5,7,13-14H,6,8-12H2,(H,22,25). The van der Waals surface area contributed by atoms with Crippen LogP contribution >= 0.6 is 24.0 Å². The molecule has 3 aliphatic heterocycles. The molecule has 1 N–H and O–H groups in total. The first kappa shape index (κ1) is 19.4. The molecule has 1 aromatic heterocycles. The molecule has 30 heavy (non-hydrogen) atoms. The number of benzene rings is 1. The van der Waals surface area contributed by atoms with Crippen molar-refractivity contribution in [1.29, 1.82) is 0 Å². The van der Waals surface area contributed by atoms with E-state index in [4.69, 9.17) is 21.7 Å². The molecule has 2 unspecified atom stereocenters. The van der Waals surface area contributed by atoms with Crippen molar-refractivity contribution in [2.45, 2.75) is 18.9 Å². The molecule has 4 heterocycles. The van der Waals surface area contributed by atoms with Gasteiger partial charge in [0.05, 0.1) is 5.75 Å². The molecule has 1 aromatic carbocycles. The van der Waals surface area contributed by atoms with Gasteiger partial charge in [-0.2, -0.15) is 0 Å². The van der Waals surface area contributed by atoms with Gasteiger partial charge >= 0.3 is 0 Å². The fraction of sp³-hybridized carbons (Fsp3) is 0.381. The van der Waals surface area contributed by atoms with Gasteiger partial charge in [-0.1, -0.05) is 30.0 Å². The van der Waals surface area contributed by atoms with Crippen LogP contribution in [0.25, 0.3) is 0 Å². The van der Waals surface area contributed by atoms with E-state index in [-0.39, 0.29) is 24.0 Å². The summed E-state index contributed by atoms with van der Waals surface area (Å²) in [6, 6.07) is 10.8. The first-order valence-corrected chi connectivity index (χ1v) is 11.3. The van der Waals surface area contributed by atoms with E-state index in [1.165, 1.54) is 11.8 Å². The lowest BCUT2D eigenvalue weighted by Gasteiger charge is -2.43. The van der Waals surface area contributed by atoms with Crippen LogP contribution in [0.1, 0.15) is 18.0 Å². The maximum Gasteiger partial charge on any atom is 0.250 e. The fourth-order valence-electron chi connectivity index (χ4n) is 4.44. The summed E-state index contributed by atoms with van der Waals surface area (Å²) in [6.07, 6.45) is 1.08. The van der Waals surface area contributed by atoms with Gasteiger partial charge in [0.1, 0.15) is 4.32 Å². The number of pyridine rings is 1. The second-order valence-electron chi connectivity index (χ2n) is 7.77. The number of anilines is 1. The number of thioether (sulfide) groups is 1. The number of ether oxygens (including phenoxy) is 2. The van der Waals surface area contributed by atoms with Gasteiger partial charge in [0.25, 0.3) is 5.56 Å². The Hall–Kier alpha value is -2.52. The van der Waals surface area contributed by atoms with Crippen molar-refractivity contribution in [2.75, 3.05) is 31.0 Å². The Balaban J connectivity index is 1.17. The number of amides is 1. The van der Waals surface area contributed by atoms with Crippen LogP contribution in [0.15, 0.2) is 41.2 Å². The van der Waals surface area contributed by atoms with Crippen LogP contribution in [0, 0.1) is 5.92 Å². The van der Waals surface area contributed by atoms with E-state index < -0.39 is 0 Å². The zero-order valence-corrected chi connectivity index (χ0v) is 17.8. The zero-order valence-electron chi connectivity index (χ0n) is 16.2. The van der Waals surface area contributed by atoms with Gasteiger partial charge in [0.2, 0.25) is 12.7 Å². The molecule has 0 aliphatic carbocycles. The predicted molar refractivity (Wildman–Crippen MR) is 119 cm³/mol. The summed E-state index contributed by atoms with van der Waals surface area (Å²) in [4.78, 5) is 26.7. The Bertz CT molecular complexity index is 1070. The highest BCUT2D eigenvalue weighted by Crippen LogP contribution is 2.36. The third-order valence-corrected chi connectivity index (χ3v) is 7.24. The first-order chi connectivity index (χ1) is 14.6. The second kappa shape index (κ2) is 7.96. The molecule has 5 rings (SSSR count). The van der Waals surface area contributed by atoms with E-state index in [0.29, 0.717) is 29.0 Å². The fourth-order valence-corrected chi connectivity index (χ4v) is 5.42. The predicted octanol–water partition coefficient (Wildman–Crippen LogP) is 2.65. The number of hydrogen-bond donors (Lipinski definition) is 1. The van der Waals surface area contributed by atoms with Crippen LogP contribution in [0.5, 0.6) is 11.5 Å². The van der Waals surface area contributed by atoms with E-state index in [2.05, 4.69) is 10.2 Å². The summed E-state index contributed by atoms with van der Waals surface area (Å²) in [5.41, 5.74) is 1.84. The maximum absolute atomic E-state index is 12.4. The molecule has 156 valence electrons. The van der Waals surface area contributed by atoms with E-state index >= 15 is 0 Å². The number of carbonyl (C=O) groups excluding carboxylic acids is 1. The Kier molecular flexibility index (Phi) is 5.16. The van der Waals surface area contributed by atoms with Crippen molar-refractivity contribution in [2.24, 2.45) is 5.92 Å². The molecule has 2 atom stereocenters. The number of nitrogens with one attached hydrogen (secondary N) is 1. The van der Waals surface area contributed by atoms with E-state index in [1.807, 2.05) is 16.7 Å². The summed E-state index contributed by atoms with van der Waals surface area (Å²) in [5, 5.41) is 2.88. The molecule has 2 bridgehead atoms. The van der Waals surface area contributed by atoms with Crippen LogP contribution in [0.3, 0.4) is 0 Å². The summed E-state index contributed by atoms with van der Waals surface area (Å²) >= 11 is 7.01. The number of aromatic nitrogens is 1. The Morgan fingerprint density at radius 3 is 2.93 bits per heavy atom. The van der Waals surface area contributed by atoms with Crippen LogP contribution in [0.4, 0.5) is 5.69 Å². The molecule has 2 aromatic rings. The van der Waals surface area contributed by atoms with Crippen LogP contribution < -0.4 is 20.3 Å². The quantitative estimate of drug-likeness (QED) is 0.731. The number of thiocarbonyl (C=S) groups is 1. The smallest absolute Gasteiger partial charge is 0.250 e. The highest BCUT2D eigenvalue weighted by molar-refractivity contribution is 8.23. The third-order valence-electron chi connectivity index (χ3n) is 5.72. The Morgan fingerprint density at radius 1 is 1.17 bits per heavy atom. The topological polar surface area (TPSA) is 72.8 Å². The molecule has 7 nitrogen and oxygen atoms in total. The molecule has 0 spiro atoms. The molecule has 9 heteroatoms. The minimum atomic E-state index is -0.115. The SMILES string of the molecule is O=C(CSC(=S)N1CC2CC(C1)c1cccc(=O)n1C2)Nc1ccc2c(c1)OCO2. The monoisotopic (exact) mass is 443 g/mol.